The Kier molecular flexibility index (Phi) is 1.81. The smallest absolute Gasteiger partial charge is 0.194 e. The van der Waals surface area contributed by atoms with Crippen LogP contribution < -0.4 is 4.74 Å². The number of aliphatic imine (C=N–C) groups is 1. The van der Waals surface area contributed by atoms with Crippen molar-refractivity contribution in [1.29, 1.82) is 0 Å². The molecule has 0 amide bonds. The number of rotatable bonds is 1. The van der Waals surface area contributed by atoms with Crippen LogP contribution in [0.2, 0.25) is 0 Å². The summed E-state index contributed by atoms with van der Waals surface area (Å²) in [5.41, 5.74) is 0.552. The molecular formula is C9H8N2O2. The standard InChI is InChI=1S/C9H8N2O2/c1-6(12)7-4-8-9(11-5-7)10-2-3-13-8/h2,4-5H,3H2,1H3. The lowest BCUT2D eigenvalue weighted by Gasteiger charge is -2.10. The summed E-state index contributed by atoms with van der Waals surface area (Å²) in [6.07, 6.45) is 3.15. The molecule has 0 radical (unpaired) electrons. The molecule has 0 aliphatic carbocycles. The summed E-state index contributed by atoms with van der Waals surface area (Å²) >= 11 is 0. The second-order valence-corrected chi connectivity index (χ2v) is 2.72. The van der Waals surface area contributed by atoms with E-state index < -0.39 is 0 Å². The van der Waals surface area contributed by atoms with Gasteiger partial charge < -0.3 is 4.74 Å². The van der Waals surface area contributed by atoms with Crippen LogP contribution in [0.3, 0.4) is 0 Å². The molecule has 2 heterocycles. The summed E-state index contributed by atoms with van der Waals surface area (Å²) in [5.74, 6) is 1.10. The first-order valence-electron chi connectivity index (χ1n) is 3.93. The van der Waals surface area contributed by atoms with Crippen molar-refractivity contribution in [2.24, 2.45) is 4.99 Å². The average molecular weight is 176 g/mol. The molecule has 0 aromatic carbocycles. The Balaban J connectivity index is 2.48. The number of nitrogens with zero attached hydrogens (tertiary/aromatic N) is 2. The predicted molar refractivity (Wildman–Crippen MR) is 47.9 cm³/mol. The Hall–Kier alpha value is -1.71. The summed E-state index contributed by atoms with van der Waals surface area (Å²) in [6.45, 7) is 1.94. The molecule has 2 rings (SSSR count). The topological polar surface area (TPSA) is 51.5 Å². The van der Waals surface area contributed by atoms with Crippen LogP contribution in [-0.4, -0.2) is 23.6 Å². The zero-order valence-electron chi connectivity index (χ0n) is 7.15. The Bertz CT molecular complexity index is 385. The number of Topliss-reactive ketones (excluding diaryl/α,β-unsaturated/α-hetero) is 1. The van der Waals surface area contributed by atoms with E-state index in [0.717, 1.165) is 0 Å². The highest BCUT2D eigenvalue weighted by Gasteiger charge is 2.10. The highest BCUT2D eigenvalue weighted by molar-refractivity contribution is 5.94. The molecule has 0 atom stereocenters. The first kappa shape index (κ1) is 7.91. The molecule has 66 valence electrons. The number of carbonyl (C=O) groups is 1. The van der Waals surface area contributed by atoms with Crippen LogP contribution in [0.25, 0.3) is 0 Å². The second kappa shape index (κ2) is 2.97. The lowest BCUT2D eigenvalue weighted by Crippen LogP contribution is -2.05. The number of ketones is 1. The molecule has 0 spiro atoms. The van der Waals surface area contributed by atoms with Gasteiger partial charge in [0.05, 0.1) is 0 Å². The molecular weight excluding hydrogens is 168 g/mol. The van der Waals surface area contributed by atoms with E-state index in [1.807, 2.05) is 0 Å². The van der Waals surface area contributed by atoms with Gasteiger partial charge in [0.25, 0.3) is 0 Å². The van der Waals surface area contributed by atoms with E-state index in [0.29, 0.717) is 23.7 Å². The maximum absolute atomic E-state index is 11.0. The van der Waals surface area contributed by atoms with Crippen molar-refractivity contribution in [3.05, 3.63) is 17.8 Å². The molecule has 0 bridgehead atoms. The maximum atomic E-state index is 11.0. The highest BCUT2D eigenvalue weighted by atomic mass is 16.5. The number of hydrogen-bond acceptors (Lipinski definition) is 4. The fourth-order valence-electron chi connectivity index (χ4n) is 1.08. The summed E-state index contributed by atoms with van der Waals surface area (Å²) in [4.78, 5) is 19.0. The van der Waals surface area contributed by atoms with Gasteiger partial charge in [0.15, 0.2) is 17.4 Å². The molecule has 1 aliphatic heterocycles. The molecule has 0 N–H and O–H groups in total. The van der Waals surface area contributed by atoms with E-state index in [2.05, 4.69) is 9.98 Å². The van der Waals surface area contributed by atoms with Gasteiger partial charge in [-0.2, -0.15) is 0 Å². The third-order valence-corrected chi connectivity index (χ3v) is 1.77. The number of pyridine rings is 1. The monoisotopic (exact) mass is 176 g/mol. The third-order valence-electron chi connectivity index (χ3n) is 1.77. The minimum absolute atomic E-state index is 0.0200. The second-order valence-electron chi connectivity index (χ2n) is 2.72. The Labute approximate surface area is 75.3 Å². The molecule has 0 fully saturated rings. The summed E-state index contributed by atoms with van der Waals surface area (Å²) < 4.78 is 5.25. The van der Waals surface area contributed by atoms with Crippen LogP contribution in [0.5, 0.6) is 5.75 Å². The summed E-state index contributed by atoms with van der Waals surface area (Å²) in [6, 6.07) is 1.67. The minimum Gasteiger partial charge on any atom is -0.484 e. The van der Waals surface area contributed by atoms with Crippen molar-refractivity contribution in [3.63, 3.8) is 0 Å². The molecule has 0 saturated carbocycles. The van der Waals surface area contributed by atoms with Crippen molar-refractivity contribution in [2.45, 2.75) is 6.92 Å². The first-order chi connectivity index (χ1) is 6.27. The molecule has 13 heavy (non-hydrogen) atoms. The quantitative estimate of drug-likeness (QED) is 0.607. The van der Waals surface area contributed by atoms with Gasteiger partial charge in [0, 0.05) is 18.0 Å². The van der Waals surface area contributed by atoms with E-state index in [1.165, 1.54) is 13.1 Å². The van der Waals surface area contributed by atoms with Crippen molar-refractivity contribution in [1.82, 2.24) is 4.98 Å². The van der Waals surface area contributed by atoms with Crippen LogP contribution in [0, 0.1) is 0 Å². The third kappa shape index (κ3) is 1.42. The summed E-state index contributed by atoms with van der Waals surface area (Å²) in [5, 5.41) is 0. The molecule has 1 aromatic rings. The molecule has 0 saturated heterocycles. The van der Waals surface area contributed by atoms with Gasteiger partial charge in [0.2, 0.25) is 0 Å². The fourth-order valence-corrected chi connectivity index (χ4v) is 1.08. The van der Waals surface area contributed by atoms with Gasteiger partial charge in [-0.25, -0.2) is 9.98 Å². The predicted octanol–water partition coefficient (Wildman–Crippen LogP) is 1.38. The number of fused-ring (bicyclic) bond motifs is 1. The normalized spacial score (nSPS) is 13.3. The van der Waals surface area contributed by atoms with Gasteiger partial charge in [-0.3, -0.25) is 4.79 Å². The van der Waals surface area contributed by atoms with Crippen molar-refractivity contribution < 1.29 is 9.53 Å². The molecule has 4 heteroatoms. The number of hydrogen-bond donors (Lipinski definition) is 0. The highest BCUT2D eigenvalue weighted by Crippen LogP contribution is 2.27. The van der Waals surface area contributed by atoms with E-state index in [-0.39, 0.29) is 5.78 Å². The van der Waals surface area contributed by atoms with Crippen LogP contribution in [-0.2, 0) is 0 Å². The Morgan fingerprint density at radius 3 is 3.23 bits per heavy atom. The van der Waals surface area contributed by atoms with Gasteiger partial charge in [-0.15, -0.1) is 0 Å². The van der Waals surface area contributed by atoms with Crippen LogP contribution in [0.4, 0.5) is 5.82 Å². The van der Waals surface area contributed by atoms with Gasteiger partial charge in [-0.1, -0.05) is 0 Å². The lowest BCUT2D eigenvalue weighted by atomic mass is 10.2. The molecule has 1 aliphatic rings. The van der Waals surface area contributed by atoms with Gasteiger partial charge >= 0.3 is 0 Å². The molecule has 4 nitrogen and oxygen atoms in total. The number of ether oxygens (including phenoxy) is 1. The van der Waals surface area contributed by atoms with Gasteiger partial charge in [-0.05, 0) is 13.0 Å². The van der Waals surface area contributed by atoms with Gasteiger partial charge in [0.1, 0.15) is 6.61 Å². The fraction of sp³-hybridized carbons (Fsp3) is 0.222. The maximum Gasteiger partial charge on any atom is 0.194 e. The first-order valence-corrected chi connectivity index (χ1v) is 3.93. The lowest BCUT2D eigenvalue weighted by molar-refractivity contribution is 0.101. The minimum atomic E-state index is -0.0200. The average Bonchev–Trinajstić information content (AvgIpc) is 2.17. The zero-order valence-corrected chi connectivity index (χ0v) is 7.15. The van der Waals surface area contributed by atoms with Crippen LogP contribution in [0.15, 0.2) is 17.3 Å². The van der Waals surface area contributed by atoms with Crippen molar-refractivity contribution in [3.8, 4) is 5.75 Å². The number of carbonyl (C=O) groups excluding carboxylic acids is 1. The molecule has 1 aromatic heterocycles. The van der Waals surface area contributed by atoms with Crippen LogP contribution in [0.1, 0.15) is 17.3 Å². The van der Waals surface area contributed by atoms with E-state index in [9.17, 15) is 4.79 Å². The summed E-state index contributed by atoms with van der Waals surface area (Å²) in [7, 11) is 0. The van der Waals surface area contributed by atoms with E-state index in [4.69, 9.17) is 4.74 Å². The molecule has 0 unspecified atom stereocenters. The SMILES string of the molecule is CC(=O)c1cnc2c(c1)OCC=N2. The van der Waals surface area contributed by atoms with Crippen molar-refractivity contribution >= 4 is 17.8 Å². The Morgan fingerprint density at radius 1 is 1.62 bits per heavy atom. The number of aromatic nitrogens is 1. The zero-order chi connectivity index (χ0) is 9.26. The van der Waals surface area contributed by atoms with E-state index in [1.54, 1.807) is 12.3 Å². The Morgan fingerprint density at radius 2 is 2.46 bits per heavy atom. The van der Waals surface area contributed by atoms with Crippen molar-refractivity contribution in [2.75, 3.05) is 6.61 Å². The van der Waals surface area contributed by atoms with Crippen LogP contribution >= 0.6 is 0 Å². The largest absolute Gasteiger partial charge is 0.484 e. The van der Waals surface area contributed by atoms with E-state index >= 15 is 0 Å².